The molecule has 1 saturated heterocycles. The van der Waals surface area contributed by atoms with Gasteiger partial charge >= 0.3 is 6.03 Å². The Hall–Kier alpha value is -2.84. The first-order valence-corrected chi connectivity index (χ1v) is 12.5. The Morgan fingerprint density at radius 3 is 2.56 bits per heavy atom. The molecule has 1 aliphatic rings. The quantitative estimate of drug-likeness (QED) is 0.642. The van der Waals surface area contributed by atoms with Crippen molar-refractivity contribution < 1.29 is 13.2 Å². The monoisotopic (exact) mass is 454 g/mol. The first kappa shape index (κ1) is 22.4. The van der Waals surface area contributed by atoms with E-state index in [0.717, 1.165) is 34.3 Å². The van der Waals surface area contributed by atoms with Gasteiger partial charge in [-0.2, -0.15) is 4.31 Å². The third-order valence-electron chi connectivity index (χ3n) is 6.09. The lowest BCUT2D eigenvalue weighted by Gasteiger charge is -2.23. The van der Waals surface area contributed by atoms with Crippen LogP contribution < -0.4 is 5.32 Å². The van der Waals surface area contributed by atoms with Crippen LogP contribution in [0.2, 0.25) is 0 Å². The molecule has 0 spiro atoms. The van der Waals surface area contributed by atoms with Crippen molar-refractivity contribution in [2.24, 2.45) is 0 Å². The number of carbonyl (C=O) groups is 1. The molecule has 1 aliphatic heterocycles. The molecule has 2 aromatic carbocycles. The summed E-state index contributed by atoms with van der Waals surface area (Å²) in [6, 6.07) is 12.9. The molecule has 0 radical (unpaired) electrons. The first-order chi connectivity index (χ1) is 15.3. The number of nitrogens with zero attached hydrogens (tertiary/aromatic N) is 3. The summed E-state index contributed by atoms with van der Waals surface area (Å²) in [6.45, 7) is 8.40. The number of benzene rings is 2. The highest BCUT2D eigenvalue weighted by Gasteiger charge is 2.28. The molecule has 4 rings (SSSR count). The van der Waals surface area contributed by atoms with Gasteiger partial charge in [0.05, 0.1) is 4.90 Å². The SMILES string of the molecule is CCn1ccc2cc(S(=O)(=O)N3CCCN(C(=O)Nc4ccc(C)cc4C)CC3)ccc21. The molecule has 32 heavy (non-hydrogen) atoms. The number of rotatable bonds is 4. The van der Waals surface area contributed by atoms with Gasteiger partial charge in [-0.1, -0.05) is 17.7 Å². The van der Waals surface area contributed by atoms with Crippen LogP contribution in [0.25, 0.3) is 10.9 Å². The van der Waals surface area contributed by atoms with Gasteiger partial charge < -0.3 is 14.8 Å². The minimum absolute atomic E-state index is 0.196. The Morgan fingerprint density at radius 2 is 1.81 bits per heavy atom. The Bertz CT molecular complexity index is 1250. The fraction of sp³-hybridized carbons (Fsp3) is 0.375. The predicted octanol–water partition coefficient (Wildman–Crippen LogP) is 4.21. The van der Waals surface area contributed by atoms with E-state index in [-0.39, 0.29) is 12.6 Å². The number of hydrogen-bond acceptors (Lipinski definition) is 3. The summed E-state index contributed by atoms with van der Waals surface area (Å²) in [4.78, 5) is 14.8. The molecule has 2 amide bonds. The molecule has 0 unspecified atom stereocenters. The molecule has 2 heterocycles. The van der Waals surface area contributed by atoms with Crippen molar-refractivity contribution in [3.63, 3.8) is 0 Å². The zero-order chi connectivity index (χ0) is 22.9. The van der Waals surface area contributed by atoms with Gasteiger partial charge in [0.2, 0.25) is 10.0 Å². The fourth-order valence-corrected chi connectivity index (χ4v) is 5.75. The largest absolute Gasteiger partial charge is 0.348 e. The van der Waals surface area contributed by atoms with E-state index >= 15 is 0 Å². The lowest BCUT2D eigenvalue weighted by molar-refractivity contribution is 0.214. The van der Waals surface area contributed by atoms with Gasteiger partial charge in [0, 0.05) is 55.5 Å². The molecule has 0 aliphatic carbocycles. The summed E-state index contributed by atoms with van der Waals surface area (Å²) in [7, 11) is -3.63. The van der Waals surface area contributed by atoms with E-state index in [1.54, 1.807) is 17.0 Å². The number of fused-ring (bicyclic) bond motifs is 1. The molecule has 1 N–H and O–H groups in total. The summed E-state index contributed by atoms with van der Waals surface area (Å²) < 4.78 is 30.2. The third-order valence-corrected chi connectivity index (χ3v) is 7.98. The Morgan fingerprint density at radius 1 is 1.00 bits per heavy atom. The Labute approximate surface area is 189 Å². The van der Waals surface area contributed by atoms with E-state index < -0.39 is 10.0 Å². The molecule has 8 heteroatoms. The highest BCUT2D eigenvalue weighted by molar-refractivity contribution is 7.89. The van der Waals surface area contributed by atoms with Gasteiger partial charge in [0.15, 0.2) is 0 Å². The second-order valence-corrected chi connectivity index (χ2v) is 10.3. The van der Waals surface area contributed by atoms with Crippen LogP contribution >= 0.6 is 0 Å². The van der Waals surface area contributed by atoms with Crippen LogP contribution in [0.4, 0.5) is 10.5 Å². The van der Waals surface area contributed by atoms with Gasteiger partial charge in [0.1, 0.15) is 0 Å². The van der Waals surface area contributed by atoms with Gasteiger partial charge in [-0.05, 0) is 63.1 Å². The van der Waals surface area contributed by atoms with Crippen molar-refractivity contribution >= 4 is 32.6 Å². The molecular weight excluding hydrogens is 424 g/mol. The van der Waals surface area contributed by atoms with E-state index in [1.165, 1.54) is 4.31 Å². The molecule has 7 nitrogen and oxygen atoms in total. The summed E-state index contributed by atoms with van der Waals surface area (Å²) in [5, 5.41) is 3.88. The molecule has 0 bridgehead atoms. The van der Waals surface area contributed by atoms with Gasteiger partial charge in [-0.15, -0.1) is 0 Å². The van der Waals surface area contributed by atoms with Crippen LogP contribution in [-0.4, -0.2) is 54.4 Å². The van der Waals surface area contributed by atoms with E-state index in [2.05, 4.69) is 16.8 Å². The van der Waals surface area contributed by atoms with Crippen molar-refractivity contribution in [2.75, 3.05) is 31.5 Å². The average Bonchev–Trinajstić information content (AvgIpc) is 3.00. The third kappa shape index (κ3) is 4.38. The normalized spacial score (nSPS) is 15.7. The molecule has 170 valence electrons. The number of carbonyl (C=O) groups excluding carboxylic acids is 1. The van der Waals surface area contributed by atoms with Crippen LogP contribution in [0.3, 0.4) is 0 Å². The topological polar surface area (TPSA) is 74.7 Å². The maximum Gasteiger partial charge on any atom is 0.321 e. The lowest BCUT2D eigenvalue weighted by atomic mass is 10.1. The van der Waals surface area contributed by atoms with Crippen LogP contribution in [0.1, 0.15) is 24.5 Å². The summed E-state index contributed by atoms with van der Waals surface area (Å²) in [6.07, 6.45) is 2.56. The van der Waals surface area contributed by atoms with Crippen molar-refractivity contribution in [3.05, 3.63) is 59.8 Å². The minimum Gasteiger partial charge on any atom is -0.348 e. The van der Waals surface area contributed by atoms with Crippen molar-refractivity contribution in [3.8, 4) is 0 Å². The van der Waals surface area contributed by atoms with Crippen LogP contribution in [0, 0.1) is 13.8 Å². The standard InChI is InChI=1S/C24H30N4O3S/c1-4-26-13-10-20-17-21(7-9-23(20)26)32(30,31)28-12-5-11-27(14-15-28)24(29)25-22-8-6-18(2)16-19(22)3/h6-10,13,16-17H,4-5,11-12,14-15H2,1-3H3,(H,25,29). The van der Waals surface area contributed by atoms with Crippen molar-refractivity contribution in [1.29, 1.82) is 0 Å². The number of nitrogens with one attached hydrogen (secondary N) is 1. The molecule has 0 saturated carbocycles. The van der Waals surface area contributed by atoms with Crippen LogP contribution in [0.15, 0.2) is 53.6 Å². The van der Waals surface area contributed by atoms with Crippen LogP contribution in [-0.2, 0) is 16.6 Å². The second-order valence-electron chi connectivity index (χ2n) is 8.32. The number of sulfonamides is 1. The van der Waals surface area contributed by atoms with Crippen molar-refractivity contribution in [1.82, 2.24) is 13.8 Å². The smallest absolute Gasteiger partial charge is 0.321 e. The summed E-state index contributed by atoms with van der Waals surface area (Å²) in [5.41, 5.74) is 3.95. The zero-order valence-corrected chi connectivity index (χ0v) is 19.7. The summed E-state index contributed by atoms with van der Waals surface area (Å²) in [5.74, 6) is 0. The molecule has 1 aromatic heterocycles. The zero-order valence-electron chi connectivity index (χ0n) is 18.8. The Balaban J connectivity index is 1.46. The van der Waals surface area contributed by atoms with E-state index in [0.29, 0.717) is 31.0 Å². The first-order valence-electron chi connectivity index (χ1n) is 11.0. The lowest BCUT2D eigenvalue weighted by Crippen LogP contribution is -2.39. The average molecular weight is 455 g/mol. The van der Waals surface area contributed by atoms with Crippen LogP contribution in [0.5, 0.6) is 0 Å². The number of aromatic nitrogens is 1. The number of anilines is 1. The molecular formula is C24H30N4O3S. The molecule has 1 fully saturated rings. The number of aryl methyl sites for hydroxylation is 3. The molecule has 0 atom stereocenters. The fourth-order valence-electron chi connectivity index (χ4n) is 4.25. The van der Waals surface area contributed by atoms with E-state index in [9.17, 15) is 13.2 Å². The maximum absolute atomic E-state index is 13.3. The van der Waals surface area contributed by atoms with Crippen molar-refractivity contribution in [2.45, 2.75) is 38.6 Å². The van der Waals surface area contributed by atoms with Gasteiger partial charge in [-0.3, -0.25) is 0 Å². The molecule has 3 aromatic rings. The predicted molar refractivity (Wildman–Crippen MR) is 127 cm³/mol. The Kier molecular flexibility index (Phi) is 6.26. The second kappa shape index (κ2) is 8.96. The summed E-state index contributed by atoms with van der Waals surface area (Å²) >= 11 is 0. The number of urea groups is 1. The van der Waals surface area contributed by atoms with E-state index in [1.807, 2.05) is 50.4 Å². The maximum atomic E-state index is 13.3. The number of hydrogen-bond donors (Lipinski definition) is 1. The minimum atomic E-state index is -3.63. The van der Waals surface area contributed by atoms with Gasteiger partial charge in [-0.25, -0.2) is 13.2 Å². The van der Waals surface area contributed by atoms with Gasteiger partial charge in [0.25, 0.3) is 0 Å². The number of amides is 2. The highest BCUT2D eigenvalue weighted by atomic mass is 32.2. The van der Waals surface area contributed by atoms with E-state index in [4.69, 9.17) is 0 Å². The highest BCUT2D eigenvalue weighted by Crippen LogP contribution is 2.24.